The molecule has 0 aliphatic carbocycles. The van der Waals surface area contributed by atoms with E-state index in [0.29, 0.717) is 6.42 Å². The number of hydrogen-bond donors (Lipinski definition) is 1. The summed E-state index contributed by atoms with van der Waals surface area (Å²) >= 11 is 0. The van der Waals surface area contributed by atoms with Gasteiger partial charge < -0.3 is 5.32 Å². The van der Waals surface area contributed by atoms with Gasteiger partial charge in [0.2, 0.25) is 5.91 Å². The van der Waals surface area contributed by atoms with Gasteiger partial charge in [0.15, 0.2) is 0 Å². The molecule has 0 unspecified atom stereocenters. The molecule has 1 aromatic rings. The van der Waals surface area contributed by atoms with E-state index in [2.05, 4.69) is 11.9 Å². The largest absolute Gasteiger partial charge is 0.354 e. The minimum Gasteiger partial charge on any atom is -0.354 e. The van der Waals surface area contributed by atoms with Gasteiger partial charge in [0.25, 0.3) is 0 Å². The molecule has 1 rings (SSSR count). The molecule has 0 bridgehead atoms. The molecule has 0 radical (unpaired) electrons. The summed E-state index contributed by atoms with van der Waals surface area (Å²) in [5, 5.41) is 2.86. The lowest BCUT2D eigenvalue weighted by atomic mass is 10.1. The monoisotopic (exact) mass is 203 g/mol. The number of amides is 1. The highest BCUT2D eigenvalue weighted by molar-refractivity contribution is 5.79. The summed E-state index contributed by atoms with van der Waals surface area (Å²) in [5.41, 5.74) is 2.07. The number of carbonyl (C=O) groups excluding carboxylic acids is 1. The molecule has 0 spiro atoms. The number of nitrogens with one attached hydrogen (secondary N) is 1. The second-order valence-electron chi connectivity index (χ2n) is 3.85. The standard InChI is InChI=1S/C13H17NO/c1-4-11-6-5-7-12(8-11)9-13(15)14-10(2)3/h4-8,10H,1,9H2,2-3H3,(H,14,15). The Morgan fingerprint density at radius 3 is 2.87 bits per heavy atom. The van der Waals surface area contributed by atoms with Gasteiger partial charge in [0.05, 0.1) is 6.42 Å². The van der Waals surface area contributed by atoms with E-state index in [4.69, 9.17) is 0 Å². The molecular formula is C13H17NO. The minimum atomic E-state index is 0.0613. The molecule has 0 aromatic heterocycles. The summed E-state index contributed by atoms with van der Waals surface area (Å²) in [7, 11) is 0. The number of rotatable bonds is 4. The SMILES string of the molecule is C=Cc1cccc(CC(=O)NC(C)C)c1. The van der Waals surface area contributed by atoms with Crippen molar-refractivity contribution < 1.29 is 4.79 Å². The van der Waals surface area contributed by atoms with Gasteiger partial charge in [-0.15, -0.1) is 0 Å². The summed E-state index contributed by atoms with van der Waals surface area (Å²) in [5.74, 6) is 0.0613. The van der Waals surface area contributed by atoms with E-state index in [-0.39, 0.29) is 11.9 Å². The third-order valence-corrected chi connectivity index (χ3v) is 2.00. The molecule has 0 fully saturated rings. The van der Waals surface area contributed by atoms with Crippen LogP contribution in [0.4, 0.5) is 0 Å². The van der Waals surface area contributed by atoms with Crippen molar-refractivity contribution in [2.75, 3.05) is 0 Å². The van der Waals surface area contributed by atoms with Gasteiger partial charge in [-0.1, -0.05) is 36.9 Å². The van der Waals surface area contributed by atoms with Crippen molar-refractivity contribution in [1.82, 2.24) is 5.32 Å². The zero-order valence-electron chi connectivity index (χ0n) is 9.29. The molecule has 0 aliphatic heterocycles. The van der Waals surface area contributed by atoms with E-state index < -0.39 is 0 Å². The van der Waals surface area contributed by atoms with E-state index in [1.807, 2.05) is 38.1 Å². The maximum absolute atomic E-state index is 11.5. The van der Waals surface area contributed by atoms with E-state index in [1.54, 1.807) is 6.08 Å². The minimum absolute atomic E-state index is 0.0613. The Bertz CT molecular complexity index is 355. The van der Waals surface area contributed by atoms with Crippen molar-refractivity contribution in [3.05, 3.63) is 42.0 Å². The fourth-order valence-electron chi connectivity index (χ4n) is 1.39. The molecule has 2 heteroatoms. The highest BCUT2D eigenvalue weighted by atomic mass is 16.1. The smallest absolute Gasteiger partial charge is 0.224 e. The number of benzene rings is 1. The van der Waals surface area contributed by atoms with Crippen LogP contribution in [0.1, 0.15) is 25.0 Å². The number of carbonyl (C=O) groups is 1. The van der Waals surface area contributed by atoms with Gasteiger partial charge in [-0.05, 0) is 25.0 Å². The molecular weight excluding hydrogens is 186 g/mol. The molecule has 0 saturated carbocycles. The summed E-state index contributed by atoms with van der Waals surface area (Å²) in [6.45, 7) is 7.61. The zero-order chi connectivity index (χ0) is 11.3. The molecule has 1 aromatic carbocycles. The van der Waals surface area contributed by atoms with Crippen LogP contribution in [0.3, 0.4) is 0 Å². The first-order valence-corrected chi connectivity index (χ1v) is 5.12. The van der Waals surface area contributed by atoms with Gasteiger partial charge in [-0.25, -0.2) is 0 Å². The van der Waals surface area contributed by atoms with Crippen LogP contribution in [0, 0.1) is 0 Å². The molecule has 80 valence electrons. The first kappa shape index (κ1) is 11.5. The van der Waals surface area contributed by atoms with Gasteiger partial charge in [-0.2, -0.15) is 0 Å². The van der Waals surface area contributed by atoms with Gasteiger partial charge in [0.1, 0.15) is 0 Å². The molecule has 0 atom stereocenters. The predicted octanol–water partition coefficient (Wildman–Crippen LogP) is 2.40. The van der Waals surface area contributed by atoms with Crippen LogP contribution < -0.4 is 5.32 Å². The van der Waals surface area contributed by atoms with Crippen LogP contribution in [0.15, 0.2) is 30.8 Å². The second kappa shape index (κ2) is 5.35. The Morgan fingerprint density at radius 2 is 2.27 bits per heavy atom. The van der Waals surface area contributed by atoms with Crippen LogP contribution in [-0.4, -0.2) is 11.9 Å². The maximum atomic E-state index is 11.5. The molecule has 1 N–H and O–H groups in total. The molecule has 0 heterocycles. The van der Waals surface area contributed by atoms with Crippen LogP contribution in [-0.2, 0) is 11.2 Å². The molecule has 2 nitrogen and oxygen atoms in total. The lowest BCUT2D eigenvalue weighted by Gasteiger charge is -2.08. The molecule has 0 saturated heterocycles. The van der Waals surface area contributed by atoms with E-state index in [1.165, 1.54) is 0 Å². The topological polar surface area (TPSA) is 29.1 Å². The summed E-state index contributed by atoms with van der Waals surface area (Å²) in [6.07, 6.45) is 2.21. The quantitative estimate of drug-likeness (QED) is 0.800. The Kier molecular flexibility index (Phi) is 4.10. The lowest BCUT2D eigenvalue weighted by Crippen LogP contribution is -2.31. The van der Waals surface area contributed by atoms with Gasteiger partial charge >= 0.3 is 0 Å². The summed E-state index contributed by atoms with van der Waals surface area (Å²) < 4.78 is 0. The third kappa shape index (κ3) is 3.98. The first-order valence-electron chi connectivity index (χ1n) is 5.12. The van der Waals surface area contributed by atoms with Crippen molar-refractivity contribution in [2.24, 2.45) is 0 Å². The van der Waals surface area contributed by atoms with Crippen molar-refractivity contribution in [1.29, 1.82) is 0 Å². The molecule has 15 heavy (non-hydrogen) atoms. The Labute approximate surface area is 91.0 Å². The lowest BCUT2D eigenvalue weighted by molar-refractivity contribution is -0.120. The van der Waals surface area contributed by atoms with Crippen molar-refractivity contribution >= 4 is 12.0 Å². The van der Waals surface area contributed by atoms with E-state index in [9.17, 15) is 4.79 Å². The number of hydrogen-bond acceptors (Lipinski definition) is 1. The predicted molar refractivity (Wildman–Crippen MR) is 63.5 cm³/mol. The van der Waals surface area contributed by atoms with Gasteiger partial charge in [-0.3, -0.25) is 4.79 Å². The molecule has 0 aliphatic rings. The highest BCUT2D eigenvalue weighted by Gasteiger charge is 2.04. The zero-order valence-corrected chi connectivity index (χ0v) is 9.29. The van der Waals surface area contributed by atoms with Crippen molar-refractivity contribution in [2.45, 2.75) is 26.3 Å². The van der Waals surface area contributed by atoms with Gasteiger partial charge in [0, 0.05) is 6.04 Å². The highest BCUT2D eigenvalue weighted by Crippen LogP contribution is 2.07. The average molecular weight is 203 g/mol. The Morgan fingerprint density at radius 1 is 1.53 bits per heavy atom. The summed E-state index contributed by atoms with van der Waals surface area (Å²) in [6, 6.07) is 8.03. The van der Waals surface area contributed by atoms with Crippen LogP contribution in [0.25, 0.3) is 6.08 Å². The van der Waals surface area contributed by atoms with Crippen LogP contribution >= 0.6 is 0 Å². The second-order valence-corrected chi connectivity index (χ2v) is 3.85. The van der Waals surface area contributed by atoms with Crippen LogP contribution in [0.5, 0.6) is 0 Å². The van der Waals surface area contributed by atoms with E-state index in [0.717, 1.165) is 11.1 Å². The average Bonchev–Trinajstić information content (AvgIpc) is 2.16. The summed E-state index contributed by atoms with van der Waals surface area (Å²) in [4.78, 5) is 11.5. The Hall–Kier alpha value is -1.57. The van der Waals surface area contributed by atoms with Crippen molar-refractivity contribution in [3.63, 3.8) is 0 Å². The van der Waals surface area contributed by atoms with Crippen molar-refractivity contribution in [3.8, 4) is 0 Å². The first-order chi connectivity index (χ1) is 7.11. The third-order valence-electron chi connectivity index (χ3n) is 2.00. The Balaban J connectivity index is 2.64. The molecule has 1 amide bonds. The fourth-order valence-corrected chi connectivity index (χ4v) is 1.39. The maximum Gasteiger partial charge on any atom is 0.224 e. The normalized spacial score (nSPS) is 10.1. The van der Waals surface area contributed by atoms with E-state index >= 15 is 0 Å². The fraction of sp³-hybridized carbons (Fsp3) is 0.308. The van der Waals surface area contributed by atoms with Crippen LogP contribution in [0.2, 0.25) is 0 Å².